The Balaban J connectivity index is 2.11. The summed E-state index contributed by atoms with van der Waals surface area (Å²) in [5.74, 6) is 1.39. The molecule has 0 amide bonds. The van der Waals surface area contributed by atoms with Gasteiger partial charge in [-0.25, -0.2) is 0 Å². The van der Waals surface area contributed by atoms with E-state index in [9.17, 15) is 0 Å². The Bertz CT molecular complexity index is 423. The summed E-state index contributed by atoms with van der Waals surface area (Å²) >= 11 is 0. The Morgan fingerprint density at radius 2 is 2.33 bits per heavy atom. The average Bonchev–Trinajstić information content (AvgIpc) is 2.83. The second-order valence-corrected chi connectivity index (χ2v) is 4.16. The van der Waals surface area contributed by atoms with Crippen molar-refractivity contribution in [2.45, 2.75) is 12.5 Å². The van der Waals surface area contributed by atoms with E-state index in [1.54, 1.807) is 7.11 Å². The highest BCUT2D eigenvalue weighted by Gasteiger charge is 2.39. The standard InChI is InChI=1S/C13H14O2/c1-8-10-5-6-15-13(10)11-4-3-9(14-2)7-12(8)11/h3-4,7,10,13H,1,5-6H2,2H3/t10-,13-/m1/s1. The molecule has 0 radical (unpaired) electrons. The van der Waals surface area contributed by atoms with Crippen molar-refractivity contribution in [2.24, 2.45) is 5.92 Å². The molecule has 1 saturated heterocycles. The van der Waals surface area contributed by atoms with Crippen LogP contribution in [-0.4, -0.2) is 13.7 Å². The zero-order valence-electron chi connectivity index (χ0n) is 8.82. The number of ether oxygens (including phenoxy) is 2. The van der Waals surface area contributed by atoms with Gasteiger partial charge < -0.3 is 9.47 Å². The highest BCUT2D eigenvalue weighted by Crippen LogP contribution is 2.51. The molecule has 0 N–H and O–H groups in total. The first-order valence-corrected chi connectivity index (χ1v) is 5.30. The number of rotatable bonds is 1. The van der Waals surface area contributed by atoms with E-state index in [2.05, 4.69) is 18.7 Å². The summed E-state index contributed by atoms with van der Waals surface area (Å²) in [5, 5.41) is 0. The van der Waals surface area contributed by atoms with E-state index in [-0.39, 0.29) is 6.10 Å². The van der Waals surface area contributed by atoms with Gasteiger partial charge in [0.15, 0.2) is 0 Å². The van der Waals surface area contributed by atoms with E-state index in [1.807, 2.05) is 6.07 Å². The number of hydrogen-bond acceptors (Lipinski definition) is 2. The molecule has 2 atom stereocenters. The molecule has 1 heterocycles. The van der Waals surface area contributed by atoms with Crippen LogP contribution in [0.1, 0.15) is 23.7 Å². The largest absolute Gasteiger partial charge is 0.497 e. The lowest BCUT2D eigenvalue weighted by atomic mass is 9.99. The number of hydrogen-bond donors (Lipinski definition) is 0. The predicted octanol–water partition coefficient (Wildman–Crippen LogP) is 2.80. The molecule has 2 nitrogen and oxygen atoms in total. The minimum absolute atomic E-state index is 0.249. The molecule has 2 heteroatoms. The molecule has 0 aromatic heterocycles. The zero-order valence-corrected chi connectivity index (χ0v) is 8.82. The van der Waals surface area contributed by atoms with Crippen LogP contribution in [0.5, 0.6) is 5.75 Å². The number of fused-ring (bicyclic) bond motifs is 3. The van der Waals surface area contributed by atoms with Crippen molar-refractivity contribution in [3.63, 3.8) is 0 Å². The monoisotopic (exact) mass is 202 g/mol. The summed E-state index contributed by atoms with van der Waals surface area (Å²) in [6.45, 7) is 5.04. The number of benzene rings is 1. The van der Waals surface area contributed by atoms with Crippen LogP contribution in [0.4, 0.5) is 0 Å². The van der Waals surface area contributed by atoms with Gasteiger partial charge >= 0.3 is 0 Å². The lowest BCUT2D eigenvalue weighted by Gasteiger charge is -2.08. The maximum atomic E-state index is 5.75. The molecule has 1 fully saturated rings. The van der Waals surface area contributed by atoms with Crippen molar-refractivity contribution >= 4 is 5.57 Å². The third kappa shape index (κ3) is 1.15. The van der Waals surface area contributed by atoms with Crippen molar-refractivity contribution in [3.05, 3.63) is 35.9 Å². The first kappa shape index (κ1) is 8.98. The third-order valence-corrected chi connectivity index (χ3v) is 3.45. The normalized spacial score (nSPS) is 27.7. The Morgan fingerprint density at radius 3 is 3.13 bits per heavy atom. The van der Waals surface area contributed by atoms with Crippen molar-refractivity contribution in [1.82, 2.24) is 0 Å². The van der Waals surface area contributed by atoms with E-state index in [0.29, 0.717) is 5.92 Å². The molecule has 1 aliphatic heterocycles. The van der Waals surface area contributed by atoms with Crippen LogP contribution in [0.2, 0.25) is 0 Å². The van der Waals surface area contributed by atoms with Gasteiger partial charge in [-0.05, 0) is 35.3 Å². The van der Waals surface area contributed by atoms with Gasteiger partial charge in [-0.1, -0.05) is 12.6 Å². The van der Waals surface area contributed by atoms with E-state index in [4.69, 9.17) is 9.47 Å². The van der Waals surface area contributed by atoms with Crippen molar-refractivity contribution < 1.29 is 9.47 Å². The van der Waals surface area contributed by atoms with E-state index < -0.39 is 0 Å². The smallest absolute Gasteiger partial charge is 0.119 e. The maximum Gasteiger partial charge on any atom is 0.119 e. The van der Waals surface area contributed by atoms with Gasteiger partial charge in [-0.15, -0.1) is 0 Å². The molecule has 3 rings (SSSR count). The van der Waals surface area contributed by atoms with Gasteiger partial charge in [0.1, 0.15) is 5.75 Å². The second-order valence-electron chi connectivity index (χ2n) is 4.16. The lowest BCUT2D eigenvalue weighted by Crippen LogP contribution is -1.98. The molecule has 0 unspecified atom stereocenters. The Hall–Kier alpha value is -1.28. The van der Waals surface area contributed by atoms with Gasteiger partial charge in [0, 0.05) is 12.5 Å². The Labute approximate surface area is 89.5 Å². The molecule has 0 bridgehead atoms. The summed E-state index contributed by atoms with van der Waals surface area (Å²) in [6.07, 6.45) is 1.35. The molecule has 0 saturated carbocycles. The number of methoxy groups -OCH3 is 1. The van der Waals surface area contributed by atoms with Crippen molar-refractivity contribution in [2.75, 3.05) is 13.7 Å². The quantitative estimate of drug-likeness (QED) is 0.697. The van der Waals surface area contributed by atoms with Crippen molar-refractivity contribution in [1.29, 1.82) is 0 Å². The van der Waals surface area contributed by atoms with Crippen LogP contribution < -0.4 is 4.74 Å². The minimum Gasteiger partial charge on any atom is -0.497 e. The summed E-state index contributed by atoms with van der Waals surface area (Å²) in [5.41, 5.74) is 3.72. The van der Waals surface area contributed by atoms with Crippen molar-refractivity contribution in [3.8, 4) is 5.75 Å². The van der Waals surface area contributed by atoms with Gasteiger partial charge in [0.05, 0.1) is 13.2 Å². The lowest BCUT2D eigenvalue weighted by molar-refractivity contribution is 0.105. The summed E-state index contributed by atoms with van der Waals surface area (Å²) in [4.78, 5) is 0. The van der Waals surface area contributed by atoms with E-state index >= 15 is 0 Å². The van der Waals surface area contributed by atoms with Crippen LogP contribution in [0.15, 0.2) is 24.8 Å². The fraction of sp³-hybridized carbons (Fsp3) is 0.385. The summed E-state index contributed by atoms with van der Waals surface area (Å²) in [6, 6.07) is 6.17. The van der Waals surface area contributed by atoms with Gasteiger partial charge in [-0.2, -0.15) is 0 Å². The average molecular weight is 202 g/mol. The fourth-order valence-corrected chi connectivity index (χ4v) is 2.64. The van der Waals surface area contributed by atoms with Gasteiger partial charge in [0.25, 0.3) is 0 Å². The van der Waals surface area contributed by atoms with E-state index in [1.165, 1.54) is 16.7 Å². The second kappa shape index (κ2) is 3.11. The van der Waals surface area contributed by atoms with Crippen LogP contribution in [0.25, 0.3) is 5.57 Å². The van der Waals surface area contributed by atoms with Crippen LogP contribution in [-0.2, 0) is 4.74 Å². The predicted molar refractivity (Wildman–Crippen MR) is 58.8 cm³/mol. The topological polar surface area (TPSA) is 18.5 Å². The Kier molecular flexibility index (Phi) is 1.86. The Morgan fingerprint density at radius 1 is 1.47 bits per heavy atom. The molecule has 1 aromatic carbocycles. The molecule has 1 aromatic rings. The third-order valence-electron chi connectivity index (χ3n) is 3.45. The minimum atomic E-state index is 0.249. The molecule has 78 valence electrons. The molecule has 1 aliphatic carbocycles. The zero-order chi connectivity index (χ0) is 10.4. The molecule has 2 aliphatic rings. The van der Waals surface area contributed by atoms with Gasteiger partial charge in [0.2, 0.25) is 0 Å². The first-order chi connectivity index (χ1) is 7.31. The fourth-order valence-electron chi connectivity index (χ4n) is 2.64. The molecular weight excluding hydrogens is 188 g/mol. The SMILES string of the molecule is C=C1c2cc(OC)ccc2[C@@H]2OCC[C@H]12. The molecular formula is C13H14O2. The van der Waals surface area contributed by atoms with Crippen LogP contribution in [0.3, 0.4) is 0 Å². The maximum absolute atomic E-state index is 5.75. The van der Waals surface area contributed by atoms with Crippen LogP contribution in [0, 0.1) is 5.92 Å². The highest BCUT2D eigenvalue weighted by molar-refractivity contribution is 5.75. The molecule has 15 heavy (non-hydrogen) atoms. The molecule has 0 spiro atoms. The van der Waals surface area contributed by atoms with E-state index in [0.717, 1.165) is 18.8 Å². The summed E-state index contributed by atoms with van der Waals surface area (Å²) < 4.78 is 11.0. The first-order valence-electron chi connectivity index (χ1n) is 5.30. The van der Waals surface area contributed by atoms with Gasteiger partial charge in [-0.3, -0.25) is 0 Å². The highest BCUT2D eigenvalue weighted by atomic mass is 16.5. The summed E-state index contributed by atoms with van der Waals surface area (Å²) in [7, 11) is 1.69. The van der Waals surface area contributed by atoms with Crippen LogP contribution >= 0.6 is 0 Å².